The van der Waals surface area contributed by atoms with E-state index in [2.05, 4.69) is 58.9 Å². The van der Waals surface area contributed by atoms with Gasteiger partial charge in [0.25, 0.3) is 0 Å². The van der Waals surface area contributed by atoms with Crippen molar-refractivity contribution >= 4 is 17.5 Å². The normalized spacial score (nSPS) is 14.8. The first-order chi connectivity index (χ1) is 16.1. The Kier molecular flexibility index (Phi) is 5.95. The van der Waals surface area contributed by atoms with E-state index in [1.54, 1.807) is 4.52 Å². The zero-order valence-corrected chi connectivity index (χ0v) is 19.3. The Labute approximate surface area is 193 Å². The molecule has 2 N–H and O–H groups in total. The first kappa shape index (κ1) is 21.4. The van der Waals surface area contributed by atoms with Crippen molar-refractivity contribution in [2.24, 2.45) is 7.05 Å². The van der Waals surface area contributed by atoms with Gasteiger partial charge in [-0.15, -0.1) is 0 Å². The van der Waals surface area contributed by atoms with E-state index in [1.165, 1.54) is 0 Å². The van der Waals surface area contributed by atoms with Gasteiger partial charge in [0.05, 0.1) is 12.4 Å². The molecule has 0 unspecified atom stereocenters. The number of ether oxygens (including phenoxy) is 1. The van der Waals surface area contributed by atoms with Crippen molar-refractivity contribution in [1.82, 2.24) is 29.4 Å². The zero-order chi connectivity index (χ0) is 22.8. The van der Waals surface area contributed by atoms with E-state index in [9.17, 15) is 0 Å². The van der Waals surface area contributed by atoms with Gasteiger partial charge >= 0.3 is 0 Å². The number of benzene rings is 1. The molecule has 0 aliphatic carbocycles. The Bertz CT molecular complexity index is 1220. The molecule has 172 valence electrons. The number of nitrogens with zero attached hydrogens (tertiary/aromatic N) is 6. The minimum atomic E-state index is 0.319. The minimum absolute atomic E-state index is 0.319. The molecule has 3 aromatic heterocycles. The quantitative estimate of drug-likeness (QED) is 0.445. The van der Waals surface area contributed by atoms with E-state index in [1.807, 2.05) is 30.3 Å². The van der Waals surface area contributed by atoms with Crippen LogP contribution in [0, 0.1) is 0 Å². The van der Waals surface area contributed by atoms with Crippen LogP contribution >= 0.6 is 0 Å². The molecule has 0 spiro atoms. The molecule has 0 amide bonds. The summed E-state index contributed by atoms with van der Waals surface area (Å²) in [7, 11) is 1.93. The van der Waals surface area contributed by atoms with Crippen LogP contribution in [0.3, 0.4) is 0 Å². The van der Waals surface area contributed by atoms with Crippen molar-refractivity contribution in [3.63, 3.8) is 0 Å². The summed E-state index contributed by atoms with van der Waals surface area (Å²) >= 11 is 0. The summed E-state index contributed by atoms with van der Waals surface area (Å²) in [6.45, 7) is 6.48. The van der Waals surface area contributed by atoms with Crippen molar-refractivity contribution in [2.45, 2.75) is 45.2 Å². The van der Waals surface area contributed by atoms with Crippen LogP contribution in [-0.4, -0.2) is 48.6 Å². The molecule has 0 atom stereocenters. The van der Waals surface area contributed by atoms with E-state index >= 15 is 0 Å². The Morgan fingerprint density at radius 1 is 1.03 bits per heavy atom. The molecule has 0 radical (unpaired) electrons. The van der Waals surface area contributed by atoms with Crippen molar-refractivity contribution in [1.29, 1.82) is 0 Å². The third-order valence-corrected chi connectivity index (χ3v) is 6.01. The maximum atomic E-state index is 5.48. The van der Waals surface area contributed by atoms with Crippen LogP contribution in [-0.2, 0) is 18.3 Å². The maximum absolute atomic E-state index is 5.48. The van der Waals surface area contributed by atoms with Crippen LogP contribution in [0.4, 0.5) is 11.9 Å². The molecular formula is C24H30N8O. The summed E-state index contributed by atoms with van der Waals surface area (Å²) in [6.07, 6.45) is 7.69. The molecule has 1 aliphatic heterocycles. The van der Waals surface area contributed by atoms with Gasteiger partial charge in [0.15, 0.2) is 5.65 Å². The standard InChI is InChI=1S/C24H30N8O/c1-16(2)21-14-27-32-22(21)29-23(28-20-8-10-33-11-9-20)30-24(32)25-12-17-4-6-18(7-5-17)19-13-26-31(3)15-19/h4-7,13-16,20H,8-12H2,1-3H3,(H2,25,28,29,30). The van der Waals surface area contributed by atoms with Crippen molar-refractivity contribution in [2.75, 3.05) is 23.8 Å². The molecule has 9 heteroatoms. The van der Waals surface area contributed by atoms with E-state index in [0.29, 0.717) is 30.4 Å². The van der Waals surface area contributed by atoms with Gasteiger partial charge in [-0.05, 0) is 29.9 Å². The molecule has 1 aliphatic rings. The Morgan fingerprint density at radius 3 is 2.52 bits per heavy atom. The number of aryl methyl sites for hydroxylation is 1. The third-order valence-electron chi connectivity index (χ3n) is 6.01. The number of rotatable bonds is 7. The van der Waals surface area contributed by atoms with Gasteiger partial charge in [-0.3, -0.25) is 4.68 Å². The van der Waals surface area contributed by atoms with Crippen LogP contribution in [0.1, 0.15) is 43.7 Å². The van der Waals surface area contributed by atoms with Crippen LogP contribution < -0.4 is 10.6 Å². The number of aromatic nitrogens is 6. The van der Waals surface area contributed by atoms with E-state index in [4.69, 9.17) is 14.7 Å². The highest BCUT2D eigenvalue weighted by atomic mass is 16.5. The first-order valence-electron chi connectivity index (χ1n) is 11.5. The summed E-state index contributed by atoms with van der Waals surface area (Å²) in [5, 5.41) is 15.8. The fourth-order valence-electron chi connectivity index (χ4n) is 4.07. The highest BCUT2D eigenvalue weighted by Gasteiger charge is 2.19. The molecule has 9 nitrogen and oxygen atoms in total. The van der Waals surface area contributed by atoms with E-state index in [-0.39, 0.29) is 0 Å². The van der Waals surface area contributed by atoms with Crippen LogP contribution in [0.25, 0.3) is 16.8 Å². The molecule has 5 rings (SSSR count). The summed E-state index contributed by atoms with van der Waals surface area (Å²) in [5.74, 6) is 1.63. The van der Waals surface area contributed by atoms with Gasteiger partial charge in [0, 0.05) is 50.2 Å². The van der Waals surface area contributed by atoms with Gasteiger partial charge in [0.2, 0.25) is 11.9 Å². The summed E-state index contributed by atoms with van der Waals surface area (Å²) < 4.78 is 9.10. The van der Waals surface area contributed by atoms with Gasteiger partial charge in [-0.1, -0.05) is 38.1 Å². The zero-order valence-electron chi connectivity index (χ0n) is 19.3. The lowest BCUT2D eigenvalue weighted by Gasteiger charge is -2.23. The maximum Gasteiger partial charge on any atom is 0.229 e. The molecule has 0 saturated carbocycles. The fraction of sp³-hybridized carbons (Fsp3) is 0.417. The Morgan fingerprint density at radius 2 is 1.82 bits per heavy atom. The number of hydrogen-bond acceptors (Lipinski definition) is 7. The van der Waals surface area contributed by atoms with E-state index < -0.39 is 0 Å². The fourth-order valence-corrected chi connectivity index (χ4v) is 4.07. The number of anilines is 2. The second kappa shape index (κ2) is 9.19. The van der Waals surface area contributed by atoms with Gasteiger partial charge in [-0.25, -0.2) is 0 Å². The summed E-state index contributed by atoms with van der Waals surface area (Å²) in [4.78, 5) is 9.57. The highest BCUT2D eigenvalue weighted by Crippen LogP contribution is 2.24. The Balaban J connectivity index is 1.38. The largest absolute Gasteiger partial charge is 0.381 e. The second-order valence-corrected chi connectivity index (χ2v) is 8.84. The molecule has 1 aromatic carbocycles. The van der Waals surface area contributed by atoms with Crippen molar-refractivity contribution in [3.05, 3.63) is 54.0 Å². The first-order valence-corrected chi connectivity index (χ1v) is 11.5. The number of hydrogen-bond donors (Lipinski definition) is 2. The monoisotopic (exact) mass is 446 g/mol. The molecule has 1 saturated heterocycles. The minimum Gasteiger partial charge on any atom is -0.381 e. The van der Waals surface area contributed by atoms with Crippen molar-refractivity contribution < 1.29 is 4.74 Å². The lowest BCUT2D eigenvalue weighted by atomic mass is 10.1. The SMILES string of the molecule is CC(C)c1cnn2c(NCc3ccc(-c4cnn(C)c4)cc3)nc(NC3CCOCC3)nc12. The number of fused-ring (bicyclic) bond motifs is 1. The van der Waals surface area contributed by atoms with Crippen LogP contribution in [0.5, 0.6) is 0 Å². The molecular weight excluding hydrogens is 416 g/mol. The van der Waals surface area contributed by atoms with Crippen LogP contribution in [0.15, 0.2) is 42.9 Å². The van der Waals surface area contributed by atoms with Crippen molar-refractivity contribution in [3.8, 4) is 11.1 Å². The smallest absolute Gasteiger partial charge is 0.229 e. The topological polar surface area (TPSA) is 94.2 Å². The number of nitrogens with one attached hydrogen (secondary N) is 2. The van der Waals surface area contributed by atoms with Gasteiger partial charge < -0.3 is 15.4 Å². The molecule has 4 aromatic rings. The second-order valence-electron chi connectivity index (χ2n) is 8.84. The third kappa shape index (κ3) is 4.68. The van der Waals surface area contributed by atoms with Crippen LogP contribution in [0.2, 0.25) is 0 Å². The molecule has 4 heterocycles. The predicted molar refractivity (Wildman–Crippen MR) is 128 cm³/mol. The lowest BCUT2D eigenvalue weighted by molar-refractivity contribution is 0.0903. The predicted octanol–water partition coefficient (Wildman–Crippen LogP) is 3.85. The average Bonchev–Trinajstić information content (AvgIpc) is 3.45. The van der Waals surface area contributed by atoms with Gasteiger partial charge in [-0.2, -0.15) is 24.7 Å². The lowest BCUT2D eigenvalue weighted by Crippen LogP contribution is -2.29. The molecule has 1 fully saturated rings. The Hall–Kier alpha value is -3.46. The van der Waals surface area contributed by atoms with E-state index in [0.717, 1.165) is 54.0 Å². The molecule has 33 heavy (non-hydrogen) atoms. The summed E-state index contributed by atoms with van der Waals surface area (Å²) in [6, 6.07) is 8.80. The molecule has 0 bridgehead atoms. The summed E-state index contributed by atoms with van der Waals surface area (Å²) in [5.41, 5.74) is 5.36. The highest BCUT2D eigenvalue weighted by molar-refractivity contribution is 5.62. The average molecular weight is 447 g/mol. The van der Waals surface area contributed by atoms with Gasteiger partial charge in [0.1, 0.15) is 0 Å².